The van der Waals surface area contributed by atoms with E-state index in [1.165, 1.54) is 11.6 Å². The fraction of sp³-hybridized carbons (Fsp3) is 0.500. The molecule has 2 radical (unpaired) electrons. The number of rotatable bonds is 3. The van der Waals surface area contributed by atoms with Crippen molar-refractivity contribution in [3.8, 4) is 11.5 Å². The SMILES string of the molecule is CC(C)(O)C(C)(C)O.[B]c1ccc(F)c2c1CC[C@H]2Oc1ccc2c(c1)OC[C@H]2C. The molecule has 6 heteroatoms. The molecule has 0 bridgehead atoms. The summed E-state index contributed by atoms with van der Waals surface area (Å²) in [6.07, 6.45) is 1.21. The molecule has 2 aliphatic rings. The van der Waals surface area contributed by atoms with Crippen LogP contribution in [0.5, 0.6) is 11.5 Å². The Hall–Kier alpha value is -2.05. The van der Waals surface area contributed by atoms with Gasteiger partial charge in [0.2, 0.25) is 0 Å². The predicted octanol–water partition coefficient (Wildman–Crippen LogP) is 3.71. The van der Waals surface area contributed by atoms with Crippen LogP contribution in [-0.4, -0.2) is 35.9 Å². The van der Waals surface area contributed by atoms with Gasteiger partial charge in [0.1, 0.15) is 31.3 Å². The van der Waals surface area contributed by atoms with E-state index in [1.54, 1.807) is 33.8 Å². The summed E-state index contributed by atoms with van der Waals surface area (Å²) in [4.78, 5) is 0. The molecule has 0 amide bonds. The molecule has 4 rings (SSSR count). The Bertz CT molecular complexity index is 903. The average Bonchev–Trinajstić information content (AvgIpc) is 3.22. The van der Waals surface area contributed by atoms with Crippen LogP contribution in [0.3, 0.4) is 0 Å². The van der Waals surface area contributed by atoms with Gasteiger partial charge in [0.25, 0.3) is 0 Å². The first-order valence-electron chi connectivity index (χ1n) is 10.3. The predicted molar refractivity (Wildman–Crippen MR) is 116 cm³/mol. The molecule has 30 heavy (non-hydrogen) atoms. The first-order chi connectivity index (χ1) is 13.9. The topological polar surface area (TPSA) is 58.9 Å². The fourth-order valence-corrected chi connectivity index (χ4v) is 3.41. The van der Waals surface area contributed by atoms with Crippen molar-refractivity contribution in [2.75, 3.05) is 6.61 Å². The van der Waals surface area contributed by atoms with Gasteiger partial charge in [0, 0.05) is 23.1 Å². The Kier molecular flexibility index (Phi) is 6.21. The van der Waals surface area contributed by atoms with Crippen molar-refractivity contribution >= 4 is 13.3 Å². The Morgan fingerprint density at radius 3 is 2.40 bits per heavy atom. The van der Waals surface area contributed by atoms with Crippen LogP contribution in [0, 0.1) is 5.82 Å². The van der Waals surface area contributed by atoms with Crippen LogP contribution in [0.4, 0.5) is 4.39 Å². The molecule has 1 aliphatic carbocycles. The average molecular weight is 412 g/mol. The van der Waals surface area contributed by atoms with Crippen LogP contribution in [0.25, 0.3) is 0 Å². The summed E-state index contributed by atoms with van der Waals surface area (Å²) in [5.74, 6) is 1.76. The maximum atomic E-state index is 14.1. The Morgan fingerprint density at radius 1 is 1.10 bits per heavy atom. The van der Waals surface area contributed by atoms with Crippen molar-refractivity contribution in [3.05, 3.63) is 52.8 Å². The molecule has 0 saturated carbocycles. The molecule has 4 nitrogen and oxygen atoms in total. The van der Waals surface area contributed by atoms with Crippen LogP contribution in [0.2, 0.25) is 0 Å². The molecule has 0 aromatic heterocycles. The van der Waals surface area contributed by atoms with Crippen molar-refractivity contribution in [1.29, 1.82) is 0 Å². The molecule has 1 aliphatic heterocycles. The summed E-state index contributed by atoms with van der Waals surface area (Å²) in [7, 11) is 5.94. The molecular weight excluding hydrogens is 382 g/mol. The van der Waals surface area contributed by atoms with E-state index in [0.29, 0.717) is 29.3 Å². The summed E-state index contributed by atoms with van der Waals surface area (Å²) >= 11 is 0. The zero-order chi connectivity index (χ0) is 22.3. The Labute approximate surface area is 179 Å². The zero-order valence-electron chi connectivity index (χ0n) is 18.3. The number of ether oxygens (including phenoxy) is 2. The largest absolute Gasteiger partial charge is 0.493 e. The first kappa shape index (κ1) is 22.6. The number of halogens is 1. The Morgan fingerprint density at radius 2 is 1.77 bits per heavy atom. The van der Waals surface area contributed by atoms with Gasteiger partial charge in [-0.25, -0.2) is 4.39 Å². The molecule has 160 valence electrons. The van der Waals surface area contributed by atoms with E-state index in [9.17, 15) is 4.39 Å². The lowest BCUT2D eigenvalue weighted by Crippen LogP contribution is -2.44. The lowest BCUT2D eigenvalue weighted by molar-refractivity contribution is -0.107. The highest BCUT2D eigenvalue weighted by Crippen LogP contribution is 2.40. The minimum atomic E-state index is -1.01. The van der Waals surface area contributed by atoms with Crippen LogP contribution in [0.15, 0.2) is 30.3 Å². The third-order valence-electron chi connectivity index (χ3n) is 6.10. The summed E-state index contributed by atoms with van der Waals surface area (Å²) in [5.41, 5.74) is 1.33. The van der Waals surface area contributed by atoms with Crippen molar-refractivity contribution in [1.82, 2.24) is 0 Å². The monoisotopic (exact) mass is 412 g/mol. The Balaban J connectivity index is 0.000000275. The van der Waals surface area contributed by atoms with Gasteiger partial charge in [-0.1, -0.05) is 24.5 Å². The normalized spacial score (nSPS) is 20.0. The van der Waals surface area contributed by atoms with Crippen LogP contribution < -0.4 is 14.9 Å². The van der Waals surface area contributed by atoms with Gasteiger partial charge in [-0.2, -0.15) is 0 Å². The molecule has 0 unspecified atom stereocenters. The van der Waals surface area contributed by atoms with Gasteiger partial charge in [0.05, 0.1) is 17.8 Å². The maximum absolute atomic E-state index is 14.1. The summed E-state index contributed by atoms with van der Waals surface area (Å²) in [6.45, 7) is 9.15. The van der Waals surface area contributed by atoms with Gasteiger partial charge >= 0.3 is 0 Å². The maximum Gasteiger partial charge on any atom is 0.130 e. The molecule has 0 fully saturated rings. The molecule has 1 heterocycles. The number of benzene rings is 2. The third kappa shape index (κ3) is 4.65. The lowest BCUT2D eigenvalue weighted by atomic mass is 9.88. The van der Waals surface area contributed by atoms with Crippen LogP contribution in [-0.2, 0) is 6.42 Å². The van der Waals surface area contributed by atoms with Crippen molar-refractivity contribution in [2.45, 2.75) is 70.7 Å². The fourth-order valence-electron chi connectivity index (χ4n) is 3.41. The molecule has 2 aromatic carbocycles. The second-order valence-electron chi connectivity index (χ2n) is 9.20. The van der Waals surface area contributed by atoms with Gasteiger partial charge in [-0.3, -0.25) is 0 Å². The summed E-state index contributed by atoms with van der Waals surface area (Å²) < 4.78 is 25.8. The minimum Gasteiger partial charge on any atom is -0.493 e. The molecule has 0 spiro atoms. The number of hydrogen-bond acceptors (Lipinski definition) is 4. The van der Waals surface area contributed by atoms with E-state index >= 15 is 0 Å². The first-order valence-corrected chi connectivity index (χ1v) is 10.3. The molecule has 0 saturated heterocycles. The number of fused-ring (bicyclic) bond motifs is 2. The van der Waals surface area contributed by atoms with Crippen molar-refractivity contribution in [3.63, 3.8) is 0 Å². The number of hydrogen-bond donors (Lipinski definition) is 2. The highest BCUT2D eigenvalue weighted by Gasteiger charge is 2.32. The number of aliphatic hydroxyl groups is 2. The van der Waals surface area contributed by atoms with Crippen molar-refractivity contribution < 1.29 is 24.1 Å². The second kappa shape index (κ2) is 8.24. The van der Waals surface area contributed by atoms with E-state index in [1.807, 2.05) is 18.2 Å². The van der Waals surface area contributed by atoms with Crippen molar-refractivity contribution in [2.24, 2.45) is 0 Å². The van der Waals surface area contributed by atoms with Gasteiger partial charge < -0.3 is 19.7 Å². The van der Waals surface area contributed by atoms with Crippen LogP contribution in [0.1, 0.15) is 69.8 Å². The highest BCUT2D eigenvalue weighted by atomic mass is 19.1. The summed E-state index contributed by atoms with van der Waals surface area (Å²) in [6, 6.07) is 8.92. The van der Waals surface area contributed by atoms with Crippen LogP contribution >= 0.6 is 0 Å². The van der Waals surface area contributed by atoms with E-state index < -0.39 is 11.2 Å². The van der Waals surface area contributed by atoms with E-state index in [4.69, 9.17) is 27.5 Å². The molecule has 2 atom stereocenters. The quantitative estimate of drug-likeness (QED) is 0.755. The third-order valence-corrected chi connectivity index (χ3v) is 6.10. The second-order valence-corrected chi connectivity index (χ2v) is 9.20. The molecule has 2 N–H and O–H groups in total. The smallest absolute Gasteiger partial charge is 0.130 e. The van der Waals surface area contributed by atoms with Gasteiger partial charge in [-0.05, 0) is 58.2 Å². The zero-order valence-corrected chi connectivity index (χ0v) is 18.3. The van der Waals surface area contributed by atoms with E-state index in [2.05, 4.69) is 6.92 Å². The minimum absolute atomic E-state index is 0.238. The molecule has 2 aromatic rings. The standard InChI is InChI=1S/C18H16BFO2.C6H14O2/c1-10-9-21-17-8-11(2-3-12(10)17)22-16-7-4-13-14(19)5-6-15(20)18(13)16;1-5(2,7)6(3,4)8/h2-3,5-6,8,10,16H,4,7,9H2,1H3;7-8H,1-4H3/t10-,16-;/m1./s1. The van der Waals surface area contributed by atoms with E-state index in [0.717, 1.165) is 24.2 Å². The van der Waals surface area contributed by atoms with E-state index in [-0.39, 0.29) is 11.9 Å². The van der Waals surface area contributed by atoms with Gasteiger partial charge in [-0.15, -0.1) is 0 Å². The summed E-state index contributed by atoms with van der Waals surface area (Å²) in [5, 5.41) is 18.2. The van der Waals surface area contributed by atoms with Gasteiger partial charge in [0.15, 0.2) is 0 Å². The molecular formula is C24H30BFO4. The lowest BCUT2D eigenvalue weighted by Gasteiger charge is -2.31. The highest BCUT2D eigenvalue weighted by molar-refractivity contribution is 6.33.